The first-order valence-electron chi connectivity index (χ1n) is 8.85. The van der Waals surface area contributed by atoms with Crippen LogP contribution in [-0.4, -0.2) is 83.7 Å². The second kappa shape index (κ2) is 8.21. The van der Waals surface area contributed by atoms with Crippen molar-refractivity contribution < 1.29 is 9.59 Å². The summed E-state index contributed by atoms with van der Waals surface area (Å²) >= 11 is 12.4. The third kappa shape index (κ3) is 4.75. The van der Waals surface area contributed by atoms with Crippen LogP contribution in [0.2, 0.25) is 0 Å². The number of hydrogen-bond acceptors (Lipinski definition) is 4. The van der Waals surface area contributed by atoms with Crippen molar-refractivity contribution in [2.24, 2.45) is 0 Å². The number of carbonyl (C=O) groups excluding carboxylic acids is 2. The SMILES string of the molecule is O=C1NC(CN2CCCC(Cl)C2)C(=O)NC1CN1CCCC(Cl)C1. The normalized spacial score (nSPS) is 36.2. The van der Waals surface area contributed by atoms with Gasteiger partial charge in [-0.1, -0.05) is 0 Å². The molecule has 3 saturated heterocycles. The van der Waals surface area contributed by atoms with Gasteiger partial charge < -0.3 is 10.6 Å². The van der Waals surface area contributed by atoms with Gasteiger partial charge in [0.05, 0.1) is 0 Å². The number of likely N-dealkylation sites (tertiary alicyclic amines) is 2. The molecule has 0 spiro atoms. The molecule has 2 amide bonds. The molecule has 0 aromatic carbocycles. The highest BCUT2D eigenvalue weighted by atomic mass is 35.5. The molecule has 4 unspecified atom stereocenters. The molecular formula is C16H26Cl2N4O2. The first-order valence-corrected chi connectivity index (χ1v) is 9.72. The van der Waals surface area contributed by atoms with Gasteiger partial charge in [-0.2, -0.15) is 0 Å². The summed E-state index contributed by atoms with van der Waals surface area (Å²) < 4.78 is 0. The van der Waals surface area contributed by atoms with Crippen molar-refractivity contribution in [3.63, 3.8) is 0 Å². The molecule has 0 aliphatic carbocycles. The van der Waals surface area contributed by atoms with Gasteiger partial charge in [-0.05, 0) is 38.8 Å². The largest absolute Gasteiger partial charge is 0.341 e. The number of amides is 2. The topological polar surface area (TPSA) is 64.7 Å². The summed E-state index contributed by atoms with van der Waals surface area (Å²) in [6.07, 6.45) is 4.10. The summed E-state index contributed by atoms with van der Waals surface area (Å²) in [7, 11) is 0. The van der Waals surface area contributed by atoms with Crippen LogP contribution in [0.25, 0.3) is 0 Å². The Bertz CT molecular complexity index is 437. The molecule has 0 aromatic heterocycles. The van der Waals surface area contributed by atoms with E-state index in [-0.39, 0.29) is 22.6 Å². The van der Waals surface area contributed by atoms with Crippen molar-refractivity contribution in [3.05, 3.63) is 0 Å². The van der Waals surface area contributed by atoms with E-state index in [1.165, 1.54) is 0 Å². The number of hydrogen-bond donors (Lipinski definition) is 2. The van der Waals surface area contributed by atoms with Crippen molar-refractivity contribution in [1.29, 1.82) is 0 Å². The average Bonchev–Trinajstić information content (AvgIpc) is 2.52. The van der Waals surface area contributed by atoms with Crippen LogP contribution >= 0.6 is 23.2 Å². The van der Waals surface area contributed by atoms with Crippen molar-refractivity contribution in [2.45, 2.75) is 48.5 Å². The quantitative estimate of drug-likeness (QED) is 0.696. The summed E-state index contributed by atoms with van der Waals surface area (Å²) in [6, 6.07) is -0.976. The Morgan fingerprint density at radius 1 is 0.833 bits per heavy atom. The summed E-state index contributed by atoms with van der Waals surface area (Å²) in [5.41, 5.74) is 0. The minimum Gasteiger partial charge on any atom is -0.341 e. The molecule has 136 valence electrons. The van der Waals surface area contributed by atoms with Crippen LogP contribution in [0.1, 0.15) is 25.7 Å². The van der Waals surface area contributed by atoms with Crippen molar-refractivity contribution in [2.75, 3.05) is 39.3 Å². The van der Waals surface area contributed by atoms with Gasteiger partial charge in [0, 0.05) is 36.9 Å². The Labute approximate surface area is 153 Å². The minimum absolute atomic E-state index is 0.101. The number of alkyl halides is 2. The lowest BCUT2D eigenvalue weighted by Gasteiger charge is -2.38. The predicted octanol–water partition coefficient (Wildman–Crippen LogP) is 0.376. The molecule has 3 heterocycles. The smallest absolute Gasteiger partial charge is 0.244 e. The van der Waals surface area contributed by atoms with Gasteiger partial charge in [0.2, 0.25) is 11.8 Å². The van der Waals surface area contributed by atoms with E-state index in [9.17, 15) is 9.59 Å². The average molecular weight is 377 g/mol. The van der Waals surface area contributed by atoms with Gasteiger partial charge in [0.25, 0.3) is 0 Å². The third-order valence-electron chi connectivity index (χ3n) is 5.04. The molecule has 0 saturated carbocycles. The Hall–Kier alpha value is -0.560. The lowest BCUT2D eigenvalue weighted by Crippen LogP contribution is -2.67. The number of nitrogens with one attached hydrogen (secondary N) is 2. The summed E-state index contributed by atoms with van der Waals surface area (Å²) in [5, 5.41) is 6.04. The molecular weight excluding hydrogens is 351 g/mol. The number of rotatable bonds is 4. The Kier molecular flexibility index (Phi) is 6.24. The Balaban J connectivity index is 1.50. The highest BCUT2D eigenvalue weighted by molar-refractivity contribution is 6.21. The van der Waals surface area contributed by atoms with Crippen LogP contribution in [0.5, 0.6) is 0 Å². The first-order chi connectivity index (χ1) is 11.5. The van der Waals surface area contributed by atoms with Crippen molar-refractivity contribution in [3.8, 4) is 0 Å². The third-order valence-corrected chi connectivity index (χ3v) is 5.76. The molecule has 8 heteroatoms. The Morgan fingerprint density at radius 2 is 1.25 bits per heavy atom. The molecule has 4 atom stereocenters. The second-order valence-corrected chi connectivity index (χ2v) is 8.35. The molecule has 3 aliphatic heterocycles. The minimum atomic E-state index is -0.488. The van der Waals surface area contributed by atoms with Gasteiger partial charge in [0.15, 0.2) is 0 Å². The number of piperazine rings is 1. The van der Waals surface area contributed by atoms with E-state index in [2.05, 4.69) is 20.4 Å². The predicted molar refractivity (Wildman–Crippen MR) is 94.5 cm³/mol. The van der Waals surface area contributed by atoms with Gasteiger partial charge in [-0.25, -0.2) is 0 Å². The van der Waals surface area contributed by atoms with Crippen molar-refractivity contribution in [1.82, 2.24) is 20.4 Å². The number of piperidine rings is 2. The zero-order valence-electron chi connectivity index (χ0n) is 13.8. The molecule has 0 bridgehead atoms. The van der Waals surface area contributed by atoms with E-state index in [4.69, 9.17) is 23.2 Å². The fraction of sp³-hybridized carbons (Fsp3) is 0.875. The van der Waals surface area contributed by atoms with Crippen LogP contribution in [0.4, 0.5) is 0 Å². The highest BCUT2D eigenvalue weighted by Crippen LogP contribution is 2.17. The molecule has 3 aliphatic rings. The number of nitrogens with zero attached hydrogens (tertiary/aromatic N) is 2. The lowest BCUT2D eigenvalue weighted by atomic mass is 10.1. The van der Waals surface area contributed by atoms with Crippen molar-refractivity contribution >= 4 is 35.0 Å². The molecule has 2 N–H and O–H groups in total. The second-order valence-electron chi connectivity index (χ2n) is 7.12. The van der Waals surface area contributed by atoms with E-state index < -0.39 is 12.1 Å². The maximum absolute atomic E-state index is 12.4. The van der Waals surface area contributed by atoms with Crippen LogP contribution in [0.3, 0.4) is 0 Å². The highest BCUT2D eigenvalue weighted by Gasteiger charge is 2.36. The molecule has 0 radical (unpaired) electrons. The van der Waals surface area contributed by atoms with E-state index in [0.717, 1.165) is 51.9 Å². The Morgan fingerprint density at radius 3 is 1.62 bits per heavy atom. The van der Waals surface area contributed by atoms with E-state index in [0.29, 0.717) is 13.1 Å². The maximum Gasteiger partial charge on any atom is 0.244 e. The van der Waals surface area contributed by atoms with Crippen LogP contribution in [-0.2, 0) is 9.59 Å². The fourth-order valence-electron chi connectivity index (χ4n) is 3.78. The molecule has 6 nitrogen and oxygen atoms in total. The monoisotopic (exact) mass is 376 g/mol. The van der Waals surface area contributed by atoms with Crippen LogP contribution in [0, 0.1) is 0 Å². The molecule has 3 fully saturated rings. The summed E-state index contributed by atoms with van der Waals surface area (Å²) in [4.78, 5) is 29.1. The zero-order chi connectivity index (χ0) is 17.1. The van der Waals surface area contributed by atoms with Gasteiger partial charge in [0.1, 0.15) is 12.1 Å². The van der Waals surface area contributed by atoms with Crippen LogP contribution < -0.4 is 10.6 Å². The molecule has 24 heavy (non-hydrogen) atoms. The lowest BCUT2D eigenvalue weighted by molar-refractivity contribution is -0.137. The van der Waals surface area contributed by atoms with Crippen LogP contribution in [0.15, 0.2) is 0 Å². The van der Waals surface area contributed by atoms with Gasteiger partial charge >= 0.3 is 0 Å². The van der Waals surface area contributed by atoms with E-state index >= 15 is 0 Å². The fourth-order valence-corrected chi connectivity index (χ4v) is 4.48. The van der Waals surface area contributed by atoms with E-state index in [1.807, 2.05) is 0 Å². The standard InChI is InChI=1S/C16H26Cl2N4O2/c17-11-3-1-5-21(7-11)9-13-15(23)20-14(16(24)19-13)10-22-6-2-4-12(18)8-22/h11-14H,1-10H2,(H,19,24)(H,20,23). The molecule has 3 rings (SSSR count). The van der Waals surface area contributed by atoms with Gasteiger partial charge in [-0.3, -0.25) is 19.4 Å². The summed E-state index contributed by atoms with van der Waals surface area (Å²) in [5.74, 6) is -0.202. The summed E-state index contributed by atoms with van der Waals surface area (Å²) in [6.45, 7) is 4.46. The van der Waals surface area contributed by atoms with E-state index in [1.54, 1.807) is 0 Å². The molecule has 0 aromatic rings. The van der Waals surface area contributed by atoms with Gasteiger partial charge in [-0.15, -0.1) is 23.2 Å². The first kappa shape index (κ1) is 18.2. The zero-order valence-corrected chi connectivity index (χ0v) is 15.4. The number of halogens is 2. The maximum atomic E-state index is 12.4. The number of carbonyl (C=O) groups is 2.